The Bertz CT molecular complexity index is 938. The van der Waals surface area contributed by atoms with Crippen molar-refractivity contribution in [2.75, 3.05) is 26.1 Å². The van der Waals surface area contributed by atoms with Crippen LogP contribution < -0.4 is 31.5 Å². The van der Waals surface area contributed by atoms with Crippen LogP contribution in [0.15, 0.2) is 31.3 Å². The van der Waals surface area contributed by atoms with Gasteiger partial charge in [-0.25, -0.2) is 15.3 Å². The molecule has 0 saturated heterocycles. The third kappa shape index (κ3) is 4.92. The summed E-state index contributed by atoms with van der Waals surface area (Å²) in [6.07, 6.45) is 1.38. The molecule has 11 nitrogen and oxygen atoms in total. The van der Waals surface area contributed by atoms with E-state index in [-0.39, 0.29) is 12.4 Å². The summed E-state index contributed by atoms with van der Waals surface area (Å²) in [6.45, 7) is -0.279. The smallest absolute Gasteiger partial charge is 0.342 e. The van der Waals surface area contributed by atoms with Crippen molar-refractivity contribution in [1.29, 1.82) is 0 Å². The van der Waals surface area contributed by atoms with Crippen LogP contribution in [0.25, 0.3) is 0 Å². The summed E-state index contributed by atoms with van der Waals surface area (Å²) in [4.78, 5) is 36.0. The van der Waals surface area contributed by atoms with Crippen molar-refractivity contribution < 1.29 is 14.3 Å². The highest BCUT2D eigenvalue weighted by Gasteiger charge is 2.10. The molecule has 0 radical (unpaired) electrons. The Morgan fingerprint density at radius 2 is 2.12 bits per heavy atom. The van der Waals surface area contributed by atoms with Gasteiger partial charge < -0.3 is 14.8 Å². The molecule has 0 bridgehead atoms. The highest BCUT2D eigenvalue weighted by Crippen LogP contribution is 2.33. The van der Waals surface area contributed by atoms with Gasteiger partial charge in [0.25, 0.3) is 11.5 Å². The Morgan fingerprint density at radius 1 is 1.35 bits per heavy atom. The summed E-state index contributed by atoms with van der Waals surface area (Å²) < 4.78 is 11.2. The Morgan fingerprint density at radius 3 is 2.77 bits per heavy atom. The van der Waals surface area contributed by atoms with Gasteiger partial charge in [-0.3, -0.25) is 14.6 Å². The third-order valence-electron chi connectivity index (χ3n) is 2.99. The van der Waals surface area contributed by atoms with Crippen LogP contribution in [0.3, 0.4) is 0 Å². The highest BCUT2D eigenvalue weighted by molar-refractivity contribution is 9.10. The normalized spacial score (nSPS) is 10.6. The molecule has 2 aromatic rings. The maximum atomic E-state index is 11.8. The van der Waals surface area contributed by atoms with Gasteiger partial charge in [0.05, 0.1) is 27.0 Å². The van der Waals surface area contributed by atoms with Gasteiger partial charge in [0.15, 0.2) is 11.5 Å². The number of methoxy groups -OCH3 is 2. The van der Waals surface area contributed by atoms with Crippen LogP contribution in [0.4, 0.5) is 5.82 Å². The fraction of sp³-hybridized carbons (Fsp3) is 0.214. The largest absolute Gasteiger partial charge is 0.493 e. The number of rotatable bonds is 7. The van der Waals surface area contributed by atoms with Crippen LogP contribution in [0.1, 0.15) is 5.56 Å². The molecule has 0 fully saturated rings. The molecular weight excluding hydrogens is 412 g/mol. The number of carbonyl (C=O) groups excluding carboxylic acids is 1. The van der Waals surface area contributed by atoms with Gasteiger partial charge in [-0.15, -0.1) is 5.10 Å². The number of H-pyrrole nitrogens is 2. The van der Waals surface area contributed by atoms with Gasteiger partial charge in [0.2, 0.25) is 5.82 Å². The minimum absolute atomic E-state index is 0.192. The minimum atomic E-state index is -0.743. The van der Waals surface area contributed by atoms with Gasteiger partial charge in [-0.05, 0) is 12.1 Å². The van der Waals surface area contributed by atoms with E-state index in [1.165, 1.54) is 20.4 Å². The molecule has 26 heavy (non-hydrogen) atoms. The number of nitrogens with zero attached hydrogens (tertiary/aromatic N) is 2. The van der Waals surface area contributed by atoms with Crippen LogP contribution in [0.5, 0.6) is 11.5 Å². The van der Waals surface area contributed by atoms with Gasteiger partial charge in [0, 0.05) is 10.0 Å². The van der Waals surface area contributed by atoms with Crippen LogP contribution in [0.2, 0.25) is 0 Å². The molecule has 0 aliphatic carbocycles. The Labute approximate surface area is 154 Å². The van der Waals surface area contributed by atoms with E-state index in [0.29, 0.717) is 17.1 Å². The summed E-state index contributed by atoms with van der Waals surface area (Å²) in [6, 6.07) is 3.46. The highest BCUT2D eigenvalue weighted by atomic mass is 79.9. The average molecular weight is 427 g/mol. The summed E-state index contributed by atoms with van der Waals surface area (Å²) >= 11 is 3.34. The SMILES string of the molecule is COc1cc(Br)cc(/C=N/NC(=O)CNc2n[nH]c(=O)[nH]c2=O)c1OC. The van der Waals surface area contributed by atoms with E-state index in [0.717, 1.165) is 4.47 Å². The molecule has 12 heteroatoms. The topological polar surface area (TPSA) is 151 Å². The monoisotopic (exact) mass is 426 g/mol. The summed E-state index contributed by atoms with van der Waals surface area (Å²) in [5, 5.41) is 11.8. The number of anilines is 1. The number of ether oxygens (including phenoxy) is 2. The zero-order valence-corrected chi connectivity index (χ0v) is 15.3. The number of hydrogen-bond donors (Lipinski definition) is 4. The lowest BCUT2D eigenvalue weighted by Gasteiger charge is -2.10. The quantitative estimate of drug-likeness (QED) is 0.353. The number of hydrogen-bond acceptors (Lipinski definition) is 8. The maximum Gasteiger partial charge on any atom is 0.342 e. The Balaban J connectivity index is 2.00. The van der Waals surface area contributed by atoms with E-state index >= 15 is 0 Å². The number of aromatic amines is 2. The standard InChI is InChI=1S/C14H15BrN6O5/c1-25-9-4-8(15)3-7(11(9)26-2)5-17-19-10(22)6-16-12-13(23)18-14(24)21-20-12/h3-5H,6H2,1-2H3,(H,16,20)(H,19,22)(H2,18,21,23,24)/b17-5+. The molecule has 1 aromatic heterocycles. The molecule has 1 aromatic carbocycles. The van der Waals surface area contributed by atoms with Crippen molar-refractivity contribution in [3.05, 3.63) is 43.0 Å². The minimum Gasteiger partial charge on any atom is -0.493 e. The molecule has 0 saturated carbocycles. The van der Waals surface area contributed by atoms with Crippen molar-refractivity contribution in [2.24, 2.45) is 5.10 Å². The van der Waals surface area contributed by atoms with E-state index in [2.05, 4.69) is 36.9 Å². The number of carbonyl (C=O) groups is 1. The molecule has 138 valence electrons. The number of nitrogens with one attached hydrogen (secondary N) is 4. The zero-order chi connectivity index (χ0) is 19.1. The second-order valence-electron chi connectivity index (χ2n) is 4.73. The van der Waals surface area contributed by atoms with Crippen molar-refractivity contribution in [1.82, 2.24) is 20.6 Å². The average Bonchev–Trinajstić information content (AvgIpc) is 2.60. The van der Waals surface area contributed by atoms with Gasteiger partial charge in [0.1, 0.15) is 0 Å². The van der Waals surface area contributed by atoms with E-state index in [9.17, 15) is 14.4 Å². The van der Waals surface area contributed by atoms with Crippen molar-refractivity contribution in [3.8, 4) is 11.5 Å². The molecule has 1 amide bonds. The van der Waals surface area contributed by atoms with Crippen LogP contribution in [0, 0.1) is 0 Å². The predicted octanol–water partition coefficient (Wildman–Crippen LogP) is -0.200. The molecular formula is C14H15BrN6O5. The van der Waals surface area contributed by atoms with Gasteiger partial charge in [-0.1, -0.05) is 15.9 Å². The van der Waals surface area contributed by atoms with Crippen molar-refractivity contribution in [3.63, 3.8) is 0 Å². The maximum absolute atomic E-state index is 11.8. The van der Waals surface area contributed by atoms with Gasteiger partial charge in [-0.2, -0.15) is 5.10 Å². The van der Waals surface area contributed by atoms with Crippen LogP contribution >= 0.6 is 15.9 Å². The number of hydrazone groups is 1. The van der Waals surface area contributed by atoms with Crippen molar-refractivity contribution in [2.45, 2.75) is 0 Å². The first kappa shape index (κ1) is 19.2. The fourth-order valence-electron chi connectivity index (χ4n) is 1.90. The first-order valence-corrected chi connectivity index (χ1v) is 7.90. The van der Waals surface area contributed by atoms with Crippen LogP contribution in [-0.2, 0) is 4.79 Å². The summed E-state index contributed by atoms with van der Waals surface area (Å²) in [7, 11) is 2.99. The van der Waals surface area contributed by atoms with E-state index < -0.39 is 17.2 Å². The Hall–Kier alpha value is -3.15. The number of aromatic nitrogens is 3. The number of benzene rings is 1. The molecule has 4 N–H and O–H groups in total. The first-order valence-electron chi connectivity index (χ1n) is 7.11. The lowest BCUT2D eigenvalue weighted by atomic mass is 10.2. The molecule has 0 atom stereocenters. The zero-order valence-electron chi connectivity index (χ0n) is 13.8. The van der Waals surface area contributed by atoms with E-state index in [4.69, 9.17) is 9.47 Å². The summed E-state index contributed by atoms with van der Waals surface area (Å²) in [5.74, 6) is 0.229. The molecule has 0 spiro atoms. The van der Waals surface area contributed by atoms with Gasteiger partial charge >= 0.3 is 5.69 Å². The number of amides is 1. The molecule has 1 heterocycles. The molecule has 0 aliphatic rings. The lowest BCUT2D eigenvalue weighted by Crippen LogP contribution is -2.31. The van der Waals surface area contributed by atoms with Crippen molar-refractivity contribution >= 4 is 33.9 Å². The second kappa shape index (κ2) is 8.80. The first-order chi connectivity index (χ1) is 12.4. The lowest BCUT2D eigenvalue weighted by molar-refractivity contribution is -0.119. The Kier molecular flexibility index (Phi) is 6.49. The molecule has 2 rings (SSSR count). The number of halogens is 1. The summed E-state index contributed by atoms with van der Waals surface area (Å²) in [5.41, 5.74) is 1.38. The predicted molar refractivity (Wildman–Crippen MR) is 97.0 cm³/mol. The second-order valence-corrected chi connectivity index (χ2v) is 5.65. The van der Waals surface area contributed by atoms with E-state index in [1.54, 1.807) is 12.1 Å². The third-order valence-corrected chi connectivity index (χ3v) is 3.45. The molecule has 0 unspecified atom stereocenters. The van der Waals surface area contributed by atoms with E-state index in [1.807, 2.05) is 10.1 Å². The fourth-order valence-corrected chi connectivity index (χ4v) is 2.35. The molecule has 0 aliphatic heterocycles. The van der Waals surface area contributed by atoms with Crippen LogP contribution in [-0.4, -0.2) is 48.1 Å².